The second-order valence-corrected chi connectivity index (χ2v) is 6.61. The van der Waals surface area contributed by atoms with Gasteiger partial charge >= 0.3 is 0 Å². The molecule has 1 aliphatic rings. The number of rotatable bonds is 4. The summed E-state index contributed by atoms with van der Waals surface area (Å²) in [6.07, 6.45) is 2.99. The molecule has 2 atom stereocenters. The van der Waals surface area contributed by atoms with Crippen molar-refractivity contribution in [1.82, 2.24) is 0 Å². The second-order valence-electron chi connectivity index (χ2n) is 5.70. The summed E-state index contributed by atoms with van der Waals surface area (Å²) >= 11 is 3.46. The molecular weight excluding hydrogens is 326 g/mol. The molecule has 2 aromatic carbocycles. The molecule has 2 unspecified atom stereocenters. The van der Waals surface area contributed by atoms with E-state index in [2.05, 4.69) is 58.4 Å². The molecule has 0 radical (unpaired) electrons. The number of fused-ring (bicyclic) bond motifs is 1. The zero-order chi connectivity index (χ0) is 14.7. The fraction of sp³-hybridized carbons (Fsp3) is 0.333. The van der Waals surface area contributed by atoms with Crippen molar-refractivity contribution in [1.29, 1.82) is 0 Å². The van der Waals surface area contributed by atoms with Gasteiger partial charge < -0.3 is 10.5 Å². The Balaban J connectivity index is 1.65. The maximum Gasteiger partial charge on any atom is 0.122 e. The lowest BCUT2D eigenvalue weighted by molar-refractivity contribution is 0.259. The predicted molar refractivity (Wildman–Crippen MR) is 89.7 cm³/mol. The van der Waals surface area contributed by atoms with Crippen LogP contribution >= 0.6 is 15.9 Å². The molecular formula is C18H20BrNO. The smallest absolute Gasteiger partial charge is 0.122 e. The zero-order valence-corrected chi connectivity index (χ0v) is 13.6. The number of hydrogen-bond donors (Lipinski definition) is 1. The molecule has 1 heterocycles. The summed E-state index contributed by atoms with van der Waals surface area (Å²) in [6.45, 7) is 0.798. The normalized spacial score (nSPS) is 18.7. The molecule has 0 saturated carbocycles. The van der Waals surface area contributed by atoms with Crippen LogP contribution in [0, 0.1) is 0 Å². The van der Waals surface area contributed by atoms with E-state index in [-0.39, 0.29) is 6.04 Å². The molecule has 0 spiro atoms. The summed E-state index contributed by atoms with van der Waals surface area (Å²) in [7, 11) is 0. The van der Waals surface area contributed by atoms with Crippen LogP contribution in [0.15, 0.2) is 53.0 Å². The lowest BCUT2D eigenvalue weighted by atomic mass is 9.86. The van der Waals surface area contributed by atoms with Crippen LogP contribution in [0.25, 0.3) is 0 Å². The van der Waals surface area contributed by atoms with Gasteiger partial charge in [0.05, 0.1) is 6.61 Å². The minimum Gasteiger partial charge on any atom is -0.493 e. The van der Waals surface area contributed by atoms with E-state index in [0.717, 1.165) is 36.1 Å². The van der Waals surface area contributed by atoms with E-state index in [0.29, 0.717) is 5.92 Å². The van der Waals surface area contributed by atoms with Gasteiger partial charge in [-0.2, -0.15) is 0 Å². The molecule has 0 saturated heterocycles. The van der Waals surface area contributed by atoms with Crippen molar-refractivity contribution in [2.45, 2.75) is 31.2 Å². The molecule has 21 heavy (non-hydrogen) atoms. The highest BCUT2D eigenvalue weighted by Crippen LogP contribution is 2.36. The Morgan fingerprint density at radius 3 is 2.71 bits per heavy atom. The van der Waals surface area contributed by atoms with E-state index < -0.39 is 0 Å². The van der Waals surface area contributed by atoms with Crippen molar-refractivity contribution >= 4 is 15.9 Å². The maximum atomic E-state index is 6.38. The van der Waals surface area contributed by atoms with Gasteiger partial charge in [-0.1, -0.05) is 46.3 Å². The highest BCUT2D eigenvalue weighted by Gasteiger charge is 2.23. The third kappa shape index (κ3) is 3.66. The van der Waals surface area contributed by atoms with Crippen molar-refractivity contribution in [2.75, 3.05) is 6.61 Å². The molecule has 0 amide bonds. The average Bonchev–Trinajstić information content (AvgIpc) is 2.50. The lowest BCUT2D eigenvalue weighted by Gasteiger charge is -2.28. The summed E-state index contributed by atoms with van der Waals surface area (Å²) in [5.74, 6) is 1.55. The number of hydrogen-bond acceptors (Lipinski definition) is 2. The van der Waals surface area contributed by atoms with Gasteiger partial charge in [0, 0.05) is 10.5 Å². The fourth-order valence-corrected chi connectivity index (χ4v) is 3.30. The Morgan fingerprint density at radius 1 is 1.14 bits per heavy atom. The van der Waals surface area contributed by atoms with Crippen molar-refractivity contribution in [3.8, 4) is 5.75 Å². The van der Waals surface area contributed by atoms with Gasteiger partial charge in [0.15, 0.2) is 0 Å². The quantitative estimate of drug-likeness (QED) is 0.897. The van der Waals surface area contributed by atoms with Gasteiger partial charge in [-0.25, -0.2) is 0 Å². The molecule has 0 fully saturated rings. The van der Waals surface area contributed by atoms with Crippen LogP contribution in [0.5, 0.6) is 5.75 Å². The van der Waals surface area contributed by atoms with Crippen molar-refractivity contribution in [2.24, 2.45) is 5.73 Å². The Morgan fingerprint density at radius 2 is 1.90 bits per heavy atom. The first kappa shape index (κ1) is 14.6. The topological polar surface area (TPSA) is 35.2 Å². The molecule has 1 aliphatic heterocycles. The summed E-state index contributed by atoms with van der Waals surface area (Å²) in [4.78, 5) is 0. The van der Waals surface area contributed by atoms with E-state index in [4.69, 9.17) is 10.5 Å². The van der Waals surface area contributed by atoms with Gasteiger partial charge in [-0.15, -0.1) is 0 Å². The van der Waals surface area contributed by atoms with E-state index >= 15 is 0 Å². The number of halogens is 1. The number of ether oxygens (including phenoxy) is 1. The Kier molecular flexibility index (Phi) is 4.61. The van der Waals surface area contributed by atoms with Crippen LogP contribution in [0.2, 0.25) is 0 Å². The van der Waals surface area contributed by atoms with Gasteiger partial charge in [0.2, 0.25) is 0 Å². The molecule has 3 heteroatoms. The number of para-hydroxylation sites is 1. The maximum absolute atomic E-state index is 6.38. The van der Waals surface area contributed by atoms with Crippen LogP contribution in [0.4, 0.5) is 0 Å². The predicted octanol–water partition coefficient (Wildman–Crippen LogP) is 4.28. The highest BCUT2D eigenvalue weighted by atomic mass is 79.9. The summed E-state index contributed by atoms with van der Waals surface area (Å²) in [5, 5.41) is 0. The van der Waals surface area contributed by atoms with E-state index in [1.807, 2.05) is 6.07 Å². The van der Waals surface area contributed by atoms with Gasteiger partial charge in [-0.05, 0) is 54.5 Å². The molecule has 0 aliphatic carbocycles. The third-order valence-corrected chi connectivity index (χ3v) is 4.61. The van der Waals surface area contributed by atoms with Gasteiger partial charge in [-0.3, -0.25) is 0 Å². The Bertz CT molecular complexity index is 596. The molecule has 2 nitrogen and oxygen atoms in total. The SMILES string of the molecule is NC(Cc1ccc(Br)cc1)CC1CCOc2ccccc21. The van der Waals surface area contributed by atoms with Crippen LogP contribution in [-0.2, 0) is 6.42 Å². The fourth-order valence-electron chi connectivity index (χ4n) is 3.03. The lowest BCUT2D eigenvalue weighted by Crippen LogP contribution is -2.27. The van der Waals surface area contributed by atoms with E-state index in [9.17, 15) is 0 Å². The Hall–Kier alpha value is -1.32. The van der Waals surface area contributed by atoms with Crippen molar-refractivity contribution in [3.05, 3.63) is 64.1 Å². The van der Waals surface area contributed by atoms with Crippen molar-refractivity contribution < 1.29 is 4.74 Å². The van der Waals surface area contributed by atoms with Crippen LogP contribution in [0.3, 0.4) is 0 Å². The first-order chi connectivity index (χ1) is 10.2. The van der Waals surface area contributed by atoms with Gasteiger partial charge in [0.1, 0.15) is 5.75 Å². The molecule has 3 rings (SSSR count). The molecule has 2 aromatic rings. The van der Waals surface area contributed by atoms with Crippen molar-refractivity contribution in [3.63, 3.8) is 0 Å². The van der Waals surface area contributed by atoms with Crippen LogP contribution in [0.1, 0.15) is 29.9 Å². The average molecular weight is 346 g/mol. The third-order valence-electron chi connectivity index (χ3n) is 4.08. The highest BCUT2D eigenvalue weighted by molar-refractivity contribution is 9.10. The largest absolute Gasteiger partial charge is 0.493 e. The second kappa shape index (κ2) is 6.63. The van der Waals surface area contributed by atoms with Crippen LogP contribution < -0.4 is 10.5 Å². The minimum atomic E-state index is 0.183. The Labute approximate surface area is 134 Å². The van der Waals surface area contributed by atoms with E-state index in [1.165, 1.54) is 11.1 Å². The molecule has 2 N–H and O–H groups in total. The van der Waals surface area contributed by atoms with Gasteiger partial charge in [0.25, 0.3) is 0 Å². The monoisotopic (exact) mass is 345 g/mol. The number of nitrogens with two attached hydrogens (primary N) is 1. The van der Waals surface area contributed by atoms with E-state index in [1.54, 1.807) is 0 Å². The summed E-state index contributed by atoms with van der Waals surface area (Å²) in [6, 6.07) is 17.0. The first-order valence-corrected chi connectivity index (χ1v) is 8.23. The van der Waals surface area contributed by atoms with Crippen LogP contribution in [-0.4, -0.2) is 12.6 Å². The molecule has 110 valence electrons. The first-order valence-electron chi connectivity index (χ1n) is 7.44. The zero-order valence-electron chi connectivity index (χ0n) is 12.0. The number of benzene rings is 2. The summed E-state index contributed by atoms with van der Waals surface area (Å²) < 4.78 is 6.83. The molecule has 0 bridgehead atoms. The molecule has 0 aromatic heterocycles. The summed E-state index contributed by atoms with van der Waals surface area (Å²) in [5.41, 5.74) is 8.99. The standard InChI is InChI=1S/C18H20BrNO/c19-15-7-5-13(6-8-15)11-16(20)12-14-9-10-21-18-4-2-1-3-17(14)18/h1-8,14,16H,9-12,20H2. The minimum absolute atomic E-state index is 0.183.